The van der Waals surface area contributed by atoms with Gasteiger partial charge in [0.15, 0.2) is 0 Å². The van der Waals surface area contributed by atoms with Gasteiger partial charge < -0.3 is 4.74 Å². The van der Waals surface area contributed by atoms with Crippen molar-refractivity contribution in [2.24, 2.45) is 0 Å². The van der Waals surface area contributed by atoms with Gasteiger partial charge >= 0.3 is 5.97 Å². The molecule has 0 amide bonds. The summed E-state index contributed by atoms with van der Waals surface area (Å²) in [6.45, 7) is 0.279. The van der Waals surface area contributed by atoms with Crippen molar-refractivity contribution in [3.05, 3.63) is 12.2 Å². The molecule has 1 rings (SSSR count). The molecule has 0 spiro atoms. The number of ether oxygens (including phenoxy) is 1. The number of hydrogen-bond acceptors (Lipinski definition) is 5. The molecule has 1 atom stereocenters. The zero-order valence-corrected chi connectivity index (χ0v) is 8.93. The lowest BCUT2D eigenvalue weighted by Crippen LogP contribution is -2.21. The average Bonchev–Trinajstić information content (AvgIpc) is 2.64. The molecule has 7 heteroatoms. The van der Waals surface area contributed by atoms with Crippen LogP contribution in [0.25, 0.3) is 0 Å². The minimum Gasteiger partial charge on any atom is -0.468 e. The number of carbonyl (C=O) groups is 1. The monoisotopic (exact) mass is 258 g/mol. The molecule has 6 nitrogen and oxygen atoms in total. The summed E-state index contributed by atoms with van der Waals surface area (Å²) in [5, 5.41) is 12.2. The molecule has 74 valence electrons. The number of esters is 1. The van der Waals surface area contributed by atoms with Crippen LogP contribution in [0.3, 0.4) is 0 Å². The standard InChI is InChI=1S/C7H7BrN4O2/c1-14-7(13)5(8)3-12-4-10-6(2-9)11-12/h4-5H,3H2,1H3. The van der Waals surface area contributed by atoms with Crippen molar-refractivity contribution < 1.29 is 9.53 Å². The Morgan fingerprint density at radius 3 is 3.14 bits per heavy atom. The lowest BCUT2D eigenvalue weighted by atomic mass is 10.4. The van der Waals surface area contributed by atoms with E-state index in [4.69, 9.17) is 5.26 Å². The molecule has 0 aliphatic carbocycles. The molecule has 1 aromatic rings. The van der Waals surface area contributed by atoms with E-state index in [1.54, 1.807) is 6.07 Å². The maximum Gasteiger partial charge on any atom is 0.321 e. The average molecular weight is 259 g/mol. The minimum absolute atomic E-state index is 0.0783. The van der Waals surface area contributed by atoms with Gasteiger partial charge in [0.25, 0.3) is 5.82 Å². The second-order valence-electron chi connectivity index (χ2n) is 2.39. The molecule has 1 unspecified atom stereocenters. The van der Waals surface area contributed by atoms with Crippen LogP contribution in [0.4, 0.5) is 0 Å². The van der Waals surface area contributed by atoms with Crippen LogP contribution in [0.5, 0.6) is 0 Å². The van der Waals surface area contributed by atoms with E-state index in [9.17, 15) is 4.79 Å². The Morgan fingerprint density at radius 1 is 1.93 bits per heavy atom. The molecule has 0 bridgehead atoms. The summed E-state index contributed by atoms with van der Waals surface area (Å²) in [4.78, 5) is 14.2. The number of aromatic nitrogens is 3. The van der Waals surface area contributed by atoms with Crippen LogP contribution in [-0.4, -0.2) is 32.7 Å². The van der Waals surface area contributed by atoms with Gasteiger partial charge in [-0.05, 0) is 0 Å². The van der Waals surface area contributed by atoms with E-state index in [2.05, 4.69) is 30.7 Å². The number of rotatable bonds is 3. The van der Waals surface area contributed by atoms with E-state index < -0.39 is 4.83 Å². The summed E-state index contributed by atoms with van der Waals surface area (Å²) >= 11 is 3.13. The molecule has 0 aromatic carbocycles. The minimum atomic E-state index is -0.485. The van der Waals surface area contributed by atoms with Crippen molar-refractivity contribution in [3.8, 4) is 6.07 Å². The molecule has 1 aromatic heterocycles. The van der Waals surface area contributed by atoms with Gasteiger partial charge in [0, 0.05) is 0 Å². The van der Waals surface area contributed by atoms with E-state index >= 15 is 0 Å². The summed E-state index contributed by atoms with van der Waals surface area (Å²) in [5.41, 5.74) is 0. The first-order valence-corrected chi connectivity index (χ1v) is 4.60. The second-order valence-corrected chi connectivity index (χ2v) is 3.50. The van der Waals surface area contributed by atoms with Gasteiger partial charge in [-0.15, -0.1) is 5.10 Å². The van der Waals surface area contributed by atoms with Crippen molar-refractivity contribution >= 4 is 21.9 Å². The Bertz CT molecular complexity index is 370. The molecule has 0 radical (unpaired) electrons. The molecule has 0 aliphatic rings. The van der Waals surface area contributed by atoms with Gasteiger partial charge in [-0.2, -0.15) is 5.26 Å². The van der Waals surface area contributed by atoms with Gasteiger partial charge in [-0.1, -0.05) is 15.9 Å². The lowest BCUT2D eigenvalue weighted by Gasteiger charge is -2.05. The first kappa shape index (κ1) is 10.7. The largest absolute Gasteiger partial charge is 0.468 e. The fraction of sp³-hybridized carbons (Fsp3) is 0.429. The van der Waals surface area contributed by atoms with Crippen molar-refractivity contribution in [2.45, 2.75) is 11.4 Å². The first-order chi connectivity index (χ1) is 6.67. The molecule has 0 saturated carbocycles. The Morgan fingerprint density at radius 2 is 2.64 bits per heavy atom. The SMILES string of the molecule is COC(=O)C(Br)Cn1cnc(C#N)n1. The maximum absolute atomic E-state index is 11.0. The fourth-order valence-electron chi connectivity index (χ4n) is 0.800. The topological polar surface area (TPSA) is 80.8 Å². The summed E-state index contributed by atoms with van der Waals surface area (Å²) in [5.74, 6) is -0.312. The van der Waals surface area contributed by atoms with Gasteiger partial charge in [-0.3, -0.25) is 4.79 Å². The van der Waals surface area contributed by atoms with Crippen molar-refractivity contribution in [1.82, 2.24) is 14.8 Å². The molecular weight excluding hydrogens is 252 g/mol. The zero-order chi connectivity index (χ0) is 10.6. The lowest BCUT2D eigenvalue weighted by molar-refractivity contribution is -0.140. The Labute approximate surface area is 88.6 Å². The summed E-state index contributed by atoms with van der Waals surface area (Å²) in [6.07, 6.45) is 1.38. The predicted molar refractivity (Wildman–Crippen MR) is 49.5 cm³/mol. The summed E-state index contributed by atoms with van der Waals surface area (Å²) < 4.78 is 5.90. The van der Waals surface area contributed by atoms with E-state index in [0.717, 1.165) is 0 Å². The van der Waals surface area contributed by atoms with Crippen LogP contribution in [0.15, 0.2) is 6.33 Å². The van der Waals surface area contributed by atoms with Crippen molar-refractivity contribution in [1.29, 1.82) is 5.26 Å². The molecule has 0 N–H and O–H groups in total. The molecule has 1 heterocycles. The number of hydrogen-bond donors (Lipinski definition) is 0. The summed E-state index contributed by atoms with van der Waals surface area (Å²) in [6, 6.07) is 1.79. The van der Waals surface area contributed by atoms with Gasteiger partial charge in [0.05, 0.1) is 13.7 Å². The highest BCUT2D eigenvalue weighted by Crippen LogP contribution is 2.04. The van der Waals surface area contributed by atoms with Crippen molar-refractivity contribution in [3.63, 3.8) is 0 Å². The third kappa shape index (κ3) is 2.53. The highest BCUT2D eigenvalue weighted by Gasteiger charge is 2.16. The van der Waals surface area contributed by atoms with Crippen LogP contribution in [0.1, 0.15) is 5.82 Å². The highest BCUT2D eigenvalue weighted by molar-refractivity contribution is 9.10. The van der Waals surface area contributed by atoms with Gasteiger partial charge in [0.2, 0.25) is 0 Å². The maximum atomic E-state index is 11.0. The van der Waals surface area contributed by atoms with E-state index in [1.165, 1.54) is 18.1 Å². The highest BCUT2D eigenvalue weighted by atomic mass is 79.9. The quantitative estimate of drug-likeness (QED) is 0.567. The molecule has 0 saturated heterocycles. The normalized spacial score (nSPS) is 11.8. The van der Waals surface area contributed by atoms with Crippen LogP contribution >= 0.6 is 15.9 Å². The number of halogens is 1. The van der Waals surface area contributed by atoms with E-state index in [1.807, 2.05) is 0 Å². The molecule has 0 aliphatic heterocycles. The number of alkyl halides is 1. The van der Waals surface area contributed by atoms with Crippen molar-refractivity contribution in [2.75, 3.05) is 7.11 Å². The zero-order valence-electron chi connectivity index (χ0n) is 7.35. The smallest absolute Gasteiger partial charge is 0.321 e. The Kier molecular flexibility index (Phi) is 3.59. The van der Waals surface area contributed by atoms with Gasteiger partial charge in [0.1, 0.15) is 17.2 Å². The Hall–Kier alpha value is -1.42. The second kappa shape index (κ2) is 4.72. The van der Waals surface area contributed by atoms with E-state index in [0.29, 0.717) is 0 Å². The number of nitriles is 1. The van der Waals surface area contributed by atoms with Crippen LogP contribution in [0, 0.1) is 11.3 Å². The third-order valence-corrected chi connectivity index (χ3v) is 2.10. The van der Waals surface area contributed by atoms with E-state index in [-0.39, 0.29) is 18.3 Å². The third-order valence-electron chi connectivity index (χ3n) is 1.44. The van der Waals surface area contributed by atoms with Crippen LogP contribution < -0.4 is 0 Å². The van der Waals surface area contributed by atoms with Gasteiger partial charge in [-0.25, -0.2) is 9.67 Å². The molecule has 0 fully saturated rings. The number of nitrogens with zero attached hydrogens (tertiary/aromatic N) is 4. The number of carbonyl (C=O) groups excluding carboxylic acids is 1. The Balaban J connectivity index is 2.61. The van der Waals surface area contributed by atoms with Crippen LogP contribution in [-0.2, 0) is 16.1 Å². The predicted octanol–water partition coefficient (Wildman–Crippen LogP) is 0.0863. The molecule has 14 heavy (non-hydrogen) atoms. The fourth-order valence-corrected chi connectivity index (χ4v) is 1.28. The summed E-state index contributed by atoms with van der Waals surface area (Å²) in [7, 11) is 1.30. The molecular formula is C7H7BrN4O2. The first-order valence-electron chi connectivity index (χ1n) is 3.69. The number of methoxy groups -OCH3 is 1. The van der Waals surface area contributed by atoms with Crippen LogP contribution in [0.2, 0.25) is 0 Å².